The highest BCUT2D eigenvalue weighted by atomic mass is 32.2. The van der Waals surface area contributed by atoms with E-state index in [2.05, 4.69) is 15.0 Å². The van der Waals surface area contributed by atoms with Gasteiger partial charge in [0.15, 0.2) is 5.17 Å². The third-order valence-corrected chi connectivity index (χ3v) is 8.26. The van der Waals surface area contributed by atoms with Crippen molar-refractivity contribution >= 4 is 34.7 Å². The summed E-state index contributed by atoms with van der Waals surface area (Å²) >= 11 is 1.08. The molecule has 2 aromatic heterocycles. The Balaban J connectivity index is 1.71. The molecular weight excluding hydrogens is 489 g/mol. The fraction of sp³-hybridized carbons (Fsp3) is 0.400. The van der Waals surface area contributed by atoms with Gasteiger partial charge in [0.05, 0.1) is 23.3 Å². The van der Waals surface area contributed by atoms with Crippen LogP contribution in [0.4, 0.5) is 13.2 Å². The summed E-state index contributed by atoms with van der Waals surface area (Å²) < 4.78 is 42.7. The van der Waals surface area contributed by atoms with E-state index in [-0.39, 0.29) is 40.9 Å². The van der Waals surface area contributed by atoms with Gasteiger partial charge in [-0.05, 0) is 50.1 Å². The molecule has 1 fully saturated rings. The van der Waals surface area contributed by atoms with E-state index in [0.29, 0.717) is 12.1 Å². The number of rotatable bonds is 4. The Morgan fingerprint density at radius 1 is 1.33 bits per heavy atom. The van der Waals surface area contributed by atoms with E-state index < -0.39 is 34.2 Å². The minimum Gasteiger partial charge on any atom is -0.378 e. The molecule has 4 atom stereocenters. The lowest BCUT2D eigenvalue weighted by molar-refractivity contribution is -0.134. The van der Waals surface area contributed by atoms with Crippen molar-refractivity contribution in [1.29, 1.82) is 5.26 Å². The first kappa shape index (κ1) is 25.7. The van der Waals surface area contributed by atoms with Crippen LogP contribution in [-0.2, 0) is 10.3 Å². The van der Waals surface area contributed by atoms with Crippen LogP contribution in [0.1, 0.15) is 49.6 Å². The summed E-state index contributed by atoms with van der Waals surface area (Å²) in [4.78, 5) is 27.2. The van der Waals surface area contributed by atoms with E-state index in [0.717, 1.165) is 17.8 Å². The lowest BCUT2D eigenvalue weighted by Crippen LogP contribution is -2.57. The number of nitriles is 1. The third-order valence-electron chi connectivity index (χ3n) is 7.01. The summed E-state index contributed by atoms with van der Waals surface area (Å²) in [5.74, 6) is -2.38. The minimum atomic E-state index is -1.31. The lowest BCUT2D eigenvalue weighted by Gasteiger charge is -2.47. The van der Waals surface area contributed by atoms with Gasteiger partial charge in [-0.15, -0.1) is 0 Å². The van der Waals surface area contributed by atoms with E-state index in [9.17, 15) is 13.6 Å². The van der Waals surface area contributed by atoms with Crippen molar-refractivity contribution in [2.75, 3.05) is 13.1 Å². The van der Waals surface area contributed by atoms with E-state index in [1.807, 2.05) is 6.07 Å². The average Bonchev–Trinajstić information content (AvgIpc) is 3.29. The Kier molecular flexibility index (Phi) is 6.84. The maximum absolute atomic E-state index is 15.1. The van der Waals surface area contributed by atoms with Gasteiger partial charge in [0, 0.05) is 30.4 Å². The number of carbonyl (C=O) groups is 1. The minimum absolute atomic E-state index is 0.00531. The second kappa shape index (κ2) is 9.58. The molecule has 0 bridgehead atoms. The molecule has 0 saturated carbocycles. The highest BCUT2D eigenvalue weighted by molar-refractivity contribution is 8.15. The Morgan fingerprint density at radius 2 is 2.08 bits per heavy atom. The van der Waals surface area contributed by atoms with E-state index in [1.165, 1.54) is 35.5 Å². The Morgan fingerprint density at radius 3 is 2.69 bits per heavy atom. The van der Waals surface area contributed by atoms with Crippen LogP contribution in [0.5, 0.6) is 0 Å². The predicted octanol–water partition coefficient (Wildman–Crippen LogP) is 4.20. The predicted molar refractivity (Wildman–Crippen MR) is 132 cm³/mol. The molecule has 11 heteroatoms. The van der Waals surface area contributed by atoms with Gasteiger partial charge >= 0.3 is 0 Å². The van der Waals surface area contributed by atoms with Crippen molar-refractivity contribution in [2.24, 2.45) is 16.6 Å². The molecule has 1 saturated heterocycles. The summed E-state index contributed by atoms with van der Waals surface area (Å²) in [6.45, 7) is 5.45. The first-order valence-electron chi connectivity index (χ1n) is 11.4. The van der Waals surface area contributed by atoms with E-state index in [4.69, 9.17) is 11.0 Å². The zero-order valence-electron chi connectivity index (χ0n) is 20.0. The molecule has 0 spiro atoms. The number of nitrogens with zero attached hydrogens (tertiary/aromatic N) is 5. The van der Waals surface area contributed by atoms with Crippen molar-refractivity contribution in [3.63, 3.8) is 0 Å². The number of aliphatic imine (C=N–C) groups is 1. The van der Waals surface area contributed by atoms with Crippen LogP contribution in [0.3, 0.4) is 0 Å². The molecular formula is C25H25F3N6OS. The van der Waals surface area contributed by atoms with Crippen molar-refractivity contribution in [2.45, 2.75) is 43.6 Å². The molecule has 0 unspecified atom stereocenters. The summed E-state index contributed by atoms with van der Waals surface area (Å²) in [5.41, 5.74) is 5.43. The fourth-order valence-electron chi connectivity index (χ4n) is 4.65. The number of halogens is 3. The van der Waals surface area contributed by atoms with Gasteiger partial charge in [-0.2, -0.15) is 9.65 Å². The van der Waals surface area contributed by atoms with Crippen LogP contribution in [0, 0.1) is 23.2 Å². The number of thioether (sulfide) groups is 1. The molecule has 0 aliphatic carbocycles. The van der Waals surface area contributed by atoms with Gasteiger partial charge < -0.3 is 10.6 Å². The zero-order valence-corrected chi connectivity index (χ0v) is 20.8. The molecule has 2 N–H and O–H groups in total. The highest BCUT2D eigenvalue weighted by Gasteiger charge is 2.55. The van der Waals surface area contributed by atoms with Gasteiger partial charge in [-0.1, -0.05) is 18.7 Å². The Labute approximate surface area is 211 Å². The molecule has 1 amide bonds. The van der Waals surface area contributed by atoms with Crippen molar-refractivity contribution in [3.8, 4) is 6.07 Å². The molecule has 4 rings (SSSR count). The van der Waals surface area contributed by atoms with Gasteiger partial charge in [0.2, 0.25) is 11.9 Å². The largest absolute Gasteiger partial charge is 0.378 e. The van der Waals surface area contributed by atoms with Crippen molar-refractivity contribution < 1.29 is 18.0 Å². The van der Waals surface area contributed by atoms with Crippen LogP contribution in [0.2, 0.25) is 0 Å². The second-order valence-corrected chi connectivity index (χ2v) is 10.8. The standard InChI is InChI=1S/C25H25F3N6OS/c1-14-24(2,33-23(30)36-25(14,3)22(35)34-7-6-17(26)13-34)18-8-16(12-32-21(18)28)9-19(27)20-5-4-15(10-29)11-31-20/h4-5,8-9,11-12,14,17H,6-7,13H2,1-3H3,(H2,30,33)/b19-9-/t14-,17-,24-,25-/m0/s1. The number of nitrogens with two attached hydrogens (primary N) is 1. The number of hydrogen-bond donors (Lipinski definition) is 1. The molecule has 188 valence electrons. The Bertz CT molecular complexity index is 1290. The number of amides is 1. The normalized spacial score (nSPS) is 28.5. The van der Waals surface area contributed by atoms with Crippen LogP contribution in [0.15, 0.2) is 35.6 Å². The fourth-order valence-corrected chi connectivity index (χ4v) is 5.94. The smallest absolute Gasteiger partial charge is 0.239 e. The van der Waals surface area contributed by atoms with Gasteiger partial charge in [-0.3, -0.25) is 14.8 Å². The number of pyridine rings is 2. The highest BCUT2D eigenvalue weighted by Crippen LogP contribution is 2.51. The maximum Gasteiger partial charge on any atom is 0.239 e. The van der Waals surface area contributed by atoms with Gasteiger partial charge in [-0.25, -0.2) is 13.8 Å². The first-order valence-corrected chi connectivity index (χ1v) is 12.2. The number of alkyl halides is 1. The maximum atomic E-state index is 15.1. The second-order valence-electron chi connectivity index (χ2n) is 9.31. The number of hydrogen-bond acceptors (Lipinski definition) is 7. The van der Waals surface area contributed by atoms with Crippen LogP contribution in [0.25, 0.3) is 11.9 Å². The number of carbonyl (C=O) groups excluding carboxylic acids is 1. The molecule has 2 aromatic rings. The summed E-state index contributed by atoms with van der Waals surface area (Å²) in [6.07, 6.45) is 2.77. The number of aromatic nitrogens is 2. The third kappa shape index (κ3) is 4.57. The Hall–Kier alpha value is -3.39. The van der Waals surface area contributed by atoms with E-state index in [1.54, 1.807) is 20.8 Å². The molecule has 2 aliphatic rings. The molecule has 7 nitrogen and oxygen atoms in total. The molecule has 4 heterocycles. The number of likely N-dealkylation sites (tertiary alicyclic amines) is 1. The first-order chi connectivity index (χ1) is 17.0. The lowest BCUT2D eigenvalue weighted by atomic mass is 9.73. The average molecular weight is 515 g/mol. The van der Waals surface area contributed by atoms with Crippen LogP contribution in [-0.4, -0.2) is 50.0 Å². The monoisotopic (exact) mass is 514 g/mol. The summed E-state index contributed by atoms with van der Waals surface area (Å²) in [7, 11) is 0. The summed E-state index contributed by atoms with van der Waals surface area (Å²) in [6, 6.07) is 6.14. The number of amidine groups is 1. The van der Waals surface area contributed by atoms with Gasteiger partial charge in [0.25, 0.3) is 0 Å². The van der Waals surface area contributed by atoms with Crippen LogP contribution >= 0.6 is 11.8 Å². The zero-order chi connectivity index (χ0) is 26.3. The molecule has 2 aliphatic heterocycles. The van der Waals surface area contributed by atoms with Crippen molar-refractivity contribution in [1.82, 2.24) is 14.9 Å². The summed E-state index contributed by atoms with van der Waals surface area (Å²) in [5, 5.41) is 8.98. The molecule has 36 heavy (non-hydrogen) atoms. The van der Waals surface area contributed by atoms with E-state index >= 15 is 4.39 Å². The molecule has 0 aromatic carbocycles. The van der Waals surface area contributed by atoms with Crippen LogP contribution < -0.4 is 5.73 Å². The quantitative estimate of drug-likeness (QED) is 0.613. The topological polar surface area (TPSA) is 108 Å². The molecule has 0 radical (unpaired) electrons. The van der Waals surface area contributed by atoms with Gasteiger partial charge in [0.1, 0.15) is 22.8 Å². The van der Waals surface area contributed by atoms with Crippen molar-refractivity contribution in [3.05, 3.63) is 58.9 Å². The SMILES string of the molecule is C[C@@H]1[C@@](C)(C(=O)N2CC[C@H](F)C2)SC(N)=N[C@]1(C)c1cc(/C=C(\F)c2ccc(C#N)cn2)cnc1F.